The van der Waals surface area contributed by atoms with Gasteiger partial charge in [-0.2, -0.15) is 0 Å². The van der Waals surface area contributed by atoms with E-state index in [4.69, 9.17) is 4.74 Å². The maximum Gasteiger partial charge on any atom is 0.338 e. The zero-order valence-corrected chi connectivity index (χ0v) is 18.2. The molecule has 1 unspecified atom stereocenters. The molecule has 1 aliphatic rings. The topological polar surface area (TPSA) is 87.7 Å². The molecule has 158 valence electrons. The average Bonchev–Trinajstić information content (AvgIpc) is 3.18. The highest BCUT2D eigenvalue weighted by Crippen LogP contribution is 2.32. The minimum atomic E-state index is -0.672. The Bertz CT molecular complexity index is 982. The van der Waals surface area contributed by atoms with Crippen molar-refractivity contribution in [3.05, 3.63) is 63.5 Å². The van der Waals surface area contributed by atoms with Gasteiger partial charge in [0.2, 0.25) is 5.91 Å². The van der Waals surface area contributed by atoms with Crippen LogP contribution >= 0.6 is 11.3 Å². The molecule has 0 radical (unpaired) electrons. The number of benzene rings is 1. The molecule has 0 bridgehead atoms. The van der Waals surface area contributed by atoms with Gasteiger partial charge in [-0.05, 0) is 49.9 Å². The first-order valence-electron chi connectivity index (χ1n) is 9.64. The van der Waals surface area contributed by atoms with Gasteiger partial charge in [-0.1, -0.05) is 18.2 Å². The van der Waals surface area contributed by atoms with Crippen molar-refractivity contribution in [2.24, 2.45) is 0 Å². The largest absolute Gasteiger partial charge is 0.459 e. The lowest BCUT2D eigenvalue weighted by molar-refractivity contribution is -0.143. The van der Waals surface area contributed by atoms with E-state index in [1.807, 2.05) is 17.5 Å². The second-order valence-electron chi connectivity index (χ2n) is 7.32. The van der Waals surface area contributed by atoms with Crippen LogP contribution in [0.25, 0.3) is 0 Å². The maximum atomic E-state index is 12.8. The van der Waals surface area contributed by atoms with Crippen LogP contribution in [0.1, 0.15) is 37.3 Å². The first-order valence-corrected chi connectivity index (χ1v) is 10.5. The molecule has 1 aliphatic heterocycles. The van der Waals surface area contributed by atoms with Gasteiger partial charge in [0.15, 0.2) is 0 Å². The van der Waals surface area contributed by atoms with Gasteiger partial charge >= 0.3 is 12.0 Å². The van der Waals surface area contributed by atoms with Crippen LogP contribution in [0.5, 0.6) is 0 Å². The van der Waals surface area contributed by atoms with E-state index in [0.717, 1.165) is 4.88 Å². The second kappa shape index (κ2) is 9.13. The third kappa shape index (κ3) is 4.88. The first-order chi connectivity index (χ1) is 14.3. The number of hydrogen-bond donors (Lipinski definition) is 2. The summed E-state index contributed by atoms with van der Waals surface area (Å²) in [5.74, 6) is -0.611. The molecule has 0 spiro atoms. The summed E-state index contributed by atoms with van der Waals surface area (Å²) in [6.07, 6.45) is 0.00179. The predicted octanol–water partition coefficient (Wildman–Crippen LogP) is 3.85. The summed E-state index contributed by atoms with van der Waals surface area (Å²) in [6, 6.07) is 9.95. The average molecular weight is 428 g/mol. The molecule has 2 N–H and O–H groups in total. The molecule has 0 saturated carbocycles. The molecule has 2 heterocycles. The van der Waals surface area contributed by atoms with E-state index in [2.05, 4.69) is 10.6 Å². The summed E-state index contributed by atoms with van der Waals surface area (Å²) in [7, 11) is 1.60. The van der Waals surface area contributed by atoms with Crippen molar-refractivity contribution < 1.29 is 19.1 Å². The number of urea groups is 1. The van der Waals surface area contributed by atoms with Crippen LogP contribution in [0.4, 0.5) is 10.5 Å². The number of anilines is 1. The Labute approximate surface area is 179 Å². The molecular weight excluding hydrogens is 402 g/mol. The highest BCUT2D eigenvalue weighted by Gasteiger charge is 2.35. The van der Waals surface area contributed by atoms with Crippen LogP contribution in [0.15, 0.2) is 53.0 Å². The number of hydrogen-bond acceptors (Lipinski definition) is 5. The number of carbonyl (C=O) groups is 3. The van der Waals surface area contributed by atoms with E-state index >= 15 is 0 Å². The van der Waals surface area contributed by atoms with Crippen molar-refractivity contribution in [1.82, 2.24) is 10.2 Å². The van der Waals surface area contributed by atoms with Gasteiger partial charge in [0.05, 0.1) is 24.1 Å². The Morgan fingerprint density at radius 2 is 2.03 bits per heavy atom. The van der Waals surface area contributed by atoms with Crippen LogP contribution in [0.3, 0.4) is 0 Å². The minimum Gasteiger partial charge on any atom is -0.459 e. The summed E-state index contributed by atoms with van der Waals surface area (Å²) in [5, 5.41) is 7.66. The Kier molecular flexibility index (Phi) is 6.56. The smallest absolute Gasteiger partial charge is 0.338 e. The fourth-order valence-corrected chi connectivity index (χ4v) is 3.90. The zero-order chi connectivity index (χ0) is 21.8. The molecule has 1 atom stereocenters. The molecular formula is C22H25N3O4S. The first kappa shape index (κ1) is 21.6. The van der Waals surface area contributed by atoms with Crippen molar-refractivity contribution in [1.29, 1.82) is 0 Å². The molecule has 3 amide bonds. The van der Waals surface area contributed by atoms with Gasteiger partial charge in [-0.15, -0.1) is 11.3 Å². The number of carbonyl (C=O) groups excluding carboxylic acids is 3. The maximum absolute atomic E-state index is 12.8. The van der Waals surface area contributed by atoms with Gasteiger partial charge in [0.1, 0.15) is 0 Å². The number of nitrogens with zero attached hydrogens (tertiary/aromatic N) is 1. The van der Waals surface area contributed by atoms with Crippen LogP contribution in [0, 0.1) is 0 Å². The van der Waals surface area contributed by atoms with Crippen molar-refractivity contribution in [2.75, 3.05) is 12.4 Å². The Morgan fingerprint density at radius 3 is 2.70 bits per heavy atom. The minimum absolute atomic E-state index is 0.131. The molecule has 0 saturated heterocycles. The van der Waals surface area contributed by atoms with E-state index in [1.54, 1.807) is 52.1 Å². The van der Waals surface area contributed by atoms with Crippen molar-refractivity contribution in [2.45, 2.75) is 39.3 Å². The van der Waals surface area contributed by atoms with Crippen LogP contribution in [-0.2, 0) is 20.7 Å². The molecule has 1 aromatic carbocycles. The Hall–Kier alpha value is -3.13. The quantitative estimate of drug-likeness (QED) is 0.686. The Balaban J connectivity index is 1.87. The van der Waals surface area contributed by atoms with Gasteiger partial charge in [-0.3, -0.25) is 4.79 Å². The molecule has 0 fully saturated rings. The number of amides is 3. The second-order valence-corrected chi connectivity index (χ2v) is 8.36. The van der Waals surface area contributed by atoms with Gasteiger partial charge in [-0.25, -0.2) is 9.59 Å². The molecule has 8 heteroatoms. The SMILES string of the molecule is CC1=C(C(=O)OC(C)C)C(c2cccc(NC(=O)Cc3cccs3)c2)NC(=O)N1C. The predicted molar refractivity (Wildman–Crippen MR) is 116 cm³/mol. The number of thiophene rings is 1. The lowest BCUT2D eigenvalue weighted by Gasteiger charge is -2.33. The fraction of sp³-hybridized carbons (Fsp3) is 0.318. The van der Waals surface area contributed by atoms with Gasteiger partial charge in [0.25, 0.3) is 0 Å². The van der Waals surface area contributed by atoms with E-state index < -0.39 is 12.0 Å². The molecule has 7 nitrogen and oxygen atoms in total. The third-order valence-electron chi connectivity index (χ3n) is 4.74. The zero-order valence-electron chi connectivity index (χ0n) is 17.4. The normalized spacial score (nSPS) is 16.5. The molecule has 1 aromatic heterocycles. The van der Waals surface area contributed by atoms with E-state index in [1.165, 1.54) is 16.2 Å². The number of esters is 1. The summed E-state index contributed by atoms with van der Waals surface area (Å²) < 4.78 is 5.41. The molecule has 3 rings (SSSR count). The van der Waals surface area contributed by atoms with Crippen LogP contribution in [0.2, 0.25) is 0 Å². The lowest BCUT2D eigenvalue weighted by Crippen LogP contribution is -2.46. The van der Waals surface area contributed by atoms with Crippen molar-refractivity contribution in [3.63, 3.8) is 0 Å². The monoisotopic (exact) mass is 427 g/mol. The molecule has 0 aliphatic carbocycles. The number of nitrogens with one attached hydrogen (secondary N) is 2. The van der Waals surface area contributed by atoms with E-state index in [9.17, 15) is 14.4 Å². The Morgan fingerprint density at radius 1 is 1.27 bits per heavy atom. The summed E-state index contributed by atoms with van der Waals surface area (Å²) in [6.45, 7) is 5.27. The van der Waals surface area contributed by atoms with Gasteiger partial charge < -0.3 is 20.3 Å². The van der Waals surface area contributed by atoms with Crippen molar-refractivity contribution >= 4 is 34.9 Å². The van der Waals surface area contributed by atoms with Crippen molar-refractivity contribution in [3.8, 4) is 0 Å². The summed E-state index contributed by atoms with van der Waals surface area (Å²) >= 11 is 1.53. The summed E-state index contributed by atoms with van der Waals surface area (Å²) in [4.78, 5) is 39.9. The third-order valence-corrected chi connectivity index (χ3v) is 5.61. The number of allylic oxidation sites excluding steroid dienone is 1. The van der Waals surface area contributed by atoms with Gasteiger partial charge in [0, 0.05) is 23.3 Å². The fourth-order valence-electron chi connectivity index (χ4n) is 3.20. The van der Waals surface area contributed by atoms with E-state index in [0.29, 0.717) is 22.5 Å². The van der Waals surface area contributed by atoms with Crippen LogP contribution in [-0.4, -0.2) is 36.0 Å². The molecule has 2 aromatic rings. The highest BCUT2D eigenvalue weighted by molar-refractivity contribution is 7.10. The lowest BCUT2D eigenvalue weighted by atomic mass is 9.94. The number of ether oxygens (including phenoxy) is 1. The number of rotatable bonds is 6. The molecule has 30 heavy (non-hydrogen) atoms. The summed E-state index contributed by atoms with van der Waals surface area (Å²) in [5.41, 5.74) is 2.17. The highest BCUT2D eigenvalue weighted by atomic mass is 32.1. The van der Waals surface area contributed by atoms with E-state index in [-0.39, 0.29) is 24.5 Å². The standard InChI is InChI=1S/C22H25N3O4S/c1-13(2)29-21(27)19-14(3)25(4)22(28)24-20(19)15-7-5-8-16(11-15)23-18(26)12-17-9-6-10-30-17/h5-11,13,20H,12H2,1-4H3,(H,23,26)(H,24,28). The van der Waals surface area contributed by atoms with Crippen LogP contribution < -0.4 is 10.6 Å².